The third-order valence-corrected chi connectivity index (χ3v) is 12.4. The molecule has 12 nitrogen and oxygen atoms in total. The van der Waals surface area contributed by atoms with Gasteiger partial charge in [-0.15, -0.1) is 0 Å². The Kier molecular flexibility index (Phi) is 13.2. The minimum absolute atomic E-state index is 0.0609. The first-order valence-electron chi connectivity index (χ1n) is 22.0. The molecular weight excluding hydrogens is 777 g/mol. The van der Waals surface area contributed by atoms with Crippen molar-refractivity contribution in [1.82, 2.24) is 40.0 Å². The van der Waals surface area contributed by atoms with Crippen molar-refractivity contribution < 1.29 is 19.1 Å². The number of amides is 3. The van der Waals surface area contributed by atoms with Crippen LogP contribution in [0.5, 0.6) is 0 Å². The predicted octanol–water partition coefficient (Wildman–Crippen LogP) is 8.90. The molecule has 12 heteroatoms. The number of hydrogen-bond acceptors (Lipinski definition) is 7. The molecule has 0 unspecified atom stereocenters. The molecule has 4 heterocycles. The van der Waals surface area contributed by atoms with Crippen LogP contribution in [0.15, 0.2) is 122 Å². The van der Waals surface area contributed by atoms with Crippen LogP contribution in [0.25, 0.3) is 33.6 Å². The van der Waals surface area contributed by atoms with E-state index in [4.69, 9.17) is 14.7 Å². The quantitative estimate of drug-likeness (QED) is 0.0940. The number of ether oxygens (including phenoxy) is 1. The van der Waals surface area contributed by atoms with Crippen LogP contribution in [0.2, 0.25) is 0 Å². The molecule has 2 fully saturated rings. The number of carbonyl (C=O) groups is 3. The summed E-state index contributed by atoms with van der Waals surface area (Å²) in [5.74, 6) is 1.65. The molecule has 3 N–H and O–H groups in total. The minimum atomic E-state index is -0.589. The number of alkyl carbamates (subject to hydrolysis) is 1. The Bertz CT molecular complexity index is 2410. The van der Waals surface area contributed by atoms with E-state index in [1.54, 1.807) is 0 Å². The maximum Gasteiger partial charge on any atom is 0.407 e. The van der Waals surface area contributed by atoms with E-state index in [9.17, 15) is 14.4 Å². The molecule has 3 amide bonds. The van der Waals surface area contributed by atoms with Crippen molar-refractivity contribution in [3.63, 3.8) is 0 Å². The van der Waals surface area contributed by atoms with Gasteiger partial charge < -0.3 is 29.8 Å². The van der Waals surface area contributed by atoms with Crippen LogP contribution >= 0.6 is 0 Å². The van der Waals surface area contributed by atoms with E-state index in [0.29, 0.717) is 19.5 Å². The van der Waals surface area contributed by atoms with Crippen LogP contribution in [0, 0.1) is 0 Å². The highest BCUT2D eigenvalue weighted by molar-refractivity contribution is 5.84. The summed E-state index contributed by atoms with van der Waals surface area (Å²) in [5, 5.41) is 2.51. The van der Waals surface area contributed by atoms with E-state index in [-0.39, 0.29) is 36.4 Å². The van der Waals surface area contributed by atoms with Gasteiger partial charge in [0.1, 0.15) is 23.8 Å². The van der Waals surface area contributed by atoms with Crippen LogP contribution in [0.1, 0.15) is 86.9 Å². The van der Waals surface area contributed by atoms with Gasteiger partial charge in [0.2, 0.25) is 11.8 Å². The summed E-state index contributed by atoms with van der Waals surface area (Å²) in [5.41, 5.74) is 8.03. The third-order valence-electron chi connectivity index (χ3n) is 12.4. The Labute approximate surface area is 363 Å². The normalized spacial score (nSPS) is 17.3. The number of imidazole rings is 2. The second-order valence-corrected chi connectivity index (χ2v) is 16.2. The topological polar surface area (TPSA) is 140 Å². The van der Waals surface area contributed by atoms with Crippen molar-refractivity contribution >= 4 is 17.9 Å². The van der Waals surface area contributed by atoms with Crippen molar-refractivity contribution in [3.8, 4) is 33.6 Å². The van der Waals surface area contributed by atoms with Gasteiger partial charge in [0.05, 0.1) is 42.3 Å². The molecule has 8 rings (SSSR count). The lowest BCUT2D eigenvalue weighted by Gasteiger charge is -2.34. The highest BCUT2D eigenvalue weighted by Gasteiger charge is 2.38. The van der Waals surface area contributed by atoms with Gasteiger partial charge in [-0.25, -0.2) is 14.8 Å². The maximum atomic E-state index is 14.2. The average molecular weight is 833 g/mol. The summed E-state index contributed by atoms with van der Waals surface area (Å²) in [6.45, 7) is 7.14. The van der Waals surface area contributed by atoms with Gasteiger partial charge >= 0.3 is 6.09 Å². The van der Waals surface area contributed by atoms with Crippen LogP contribution in [0.4, 0.5) is 4.79 Å². The molecular formula is C50H56N8O4. The number of hydrogen-bond donors (Lipinski definition) is 3. The summed E-state index contributed by atoms with van der Waals surface area (Å²) in [4.78, 5) is 62.8. The van der Waals surface area contributed by atoms with E-state index >= 15 is 0 Å². The van der Waals surface area contributed by atoms with Gasteiger partial charge in [0.15, 0.2) is 0 Å². The number of H-pyrrole nitrogens is 2. The monoisotopic (exact) mass is 832 g/mol. The van der Waals surface area contributed by atoms with Crippen molar-refractivity contribution in [1.29, 1.82) is 0 Å². The molecule has 6 aromatic rings. The number of rotatable bonds is 15. The Morgan fingerprint density at radius 1 is 0.710 bits per heavy atom. The molecule has 320 valence electrons. The molecule has 0 radical (unpaired) electrons. The molecule has 2 aliphatic heterocycles. The van der Waals surface area contributed by atoms with Crippen molar-refractivity contribution in [2.75, 3.05) is 33.2 Å². The number of carbonyl (C=O) groups excluding carboxylic acids is 3. The predicted molar refractivity (Wildman–Crippen MR) is 241 cm³/mol. The van der Waals surface area contributed by atoms with Crippen molar-refractivity contribution in [2.45, 2.75) is 76.6 Å². The molecule has 4 atom stereocenters. The number of nitrogens with one attached hydrogen (secondary N) is 3. The van der Waals surface area contributed by atoms with Gasteiger partial charge in [-0.1, -0.05) is 123 Å². The number of aromatic nitrogens is 4. The fraction of sp³-hybridized carbons (Fsp3) is 0.340. The van der Waals surface area contributed by atoms with E-state index in [1.165, 1.54) is 7.05 Å². The zero-order valence-corrected chi connectivity index (χ0v) is 35.8. The standard InChI is InChI=1S/C50H56N8O4/c1-4-56(5-2)46(39-16-10-7-11-17-39)49(60)58-29-13-19-44(58)48-53-33-42(55-48)38-26-22-36(23-27-38)35-20-24-37(25-21-35)41-32-52-47(54-41)43-18-12-28-57(43)45(59)31-40(62-50(61)51-3)30-34-14-8-6-9-15-34/h6-11,14-17,20-27,32-33,40,43-44,46H,4-5,12-13,18-19,28-31H2,1-3H3,(H,51,61)(H,52,54)(H,53,55)/t40-,43+,44+,46-/m1/s1. The van der Waals surface area contributed by atoms with Crippen LogP contribution < -0.4 is 5.32 Å². The molecule has 2 aliphatic rings. The first-order valence-corrected chi connectivity index (χ1v) is 22.0. The summed E-state index contributed by atoms with van der Waals surface area (Å²) in [6, 6.07) is 36.1. The fourth-order valence-electron chi connectivity index (χ4n) is 9.10. The Balaban J connectivity index is 0.906. The number of likely N-dealkylation sites (tertiary alicyclic amines) is 2. The van der Waals surface area contributed by atoms with Gasteiger partial charge in [-0.3, -0.25) is 14.5 Å². The number of nitrogens with zero attached hydrogens (tertiary/aromatic N) is 5. The Hall–Kier alpha value is -6.53. The number of aromatic amines is 2. The second-order valence-electron chi connectivity index (χ2n) is 16.2. The molecule has 0 aliphatic carbocycles. The molecule has 0 bridgehead atoms. The lowest BCUT2D eigenvalue weighted by molar-refractivity contribution is -0.138. The largest absolute Gasteiger partial charge is 0.445 e. The Morgan fingerprint density at radius 2 is 1.21 bits per heavy atom. The highest BCUT2D eigenvalue weighted by atomic mass is 16.6. The highest BCUT2D eigenvalue weighted by Crippen LogP contribution is 2.37. The first kappa shape index (κ1) is 42.2. The van der Waals surface area contributed by atoms with Gasteiger partial charge in [0, 0.05) is 26.6 Å². The summed E-state index contributed by atoms with van der Waals surface area (Å²) >= 11 is 0. The van der Waals surface area contributed by atoms with E-state index in [2.05, 4.69) is 94.7 Å². The lowest BCUT2D eigenvalue weighted by Crippen LogP contribution is -2.43. The van der Waals surface area contributed by atoms with E-state index in [0.717, 1.165) is 95.2 Å². The summed E-state index contributed by atoms with van der Waals surface area (Å²) in [7, 11) is 1.52. The third kappa shape index (κ3) is 9.35. The zero-order chi connectivity index (χ0) is 43.0. The molecule has 4 aromatic carbocycles. The maximum absolute atomic E-state index is 14.2. The molecule has 0 saturated carbocycles. The molecule has 2 saturated heterocycles. The number of benzene rings is 4. The van der Waals surface area contributed by atoms with Crippen molar-refractivity contribution in [3.05, 3.63) is 144 Å². The van der Waals surface area contributed by atoms with Crippen LogP contribution in [-0.2, 0) is 20.7 Å². The Morgan fingerprint density at radius 3 is 1.74 bits per heavy atom. The van der Waals surface area contributed by atoms with Gasteiger partial charge in [-0.2, -0.15) is 0 Å². The van der Waals surface area contributed by atoms with E-state index in [1.807, 2.05) is 70.7 Å². The molecule has 2 aromatic heterocycles. The average Bonchev–Trinajstić information content (AvgIpc) is 4.16. The van der Waals surface area contributed by atoms with Crippen LogP contribution in [0.3, 0.4) is 0 Å². The van der Waals surface area contributed by atoms with Gasteiger partial charge in [0.25, 0.3) is 0 Å². The summed E-state index contributed by atoms with van der Waals surface area (Å²) < 4.78 is 5.62. The second kappa shape index (κ2) is 19.5. The summed E-state index contributed by atoms with van der Waals surface area (Å²) in [6.07, 6.45) is 6.60. The molecule has 62 heavy (non-hydrogen) atoms. The first-order chi connectivity index (χ1) is 30.3. The number of likely N-dealkylation sites (N-methyl/N-ethyl adjacent to an activating group) is 1. The van der Waals surface area contributed by atoms with Crippen molar-refractivity contribution in [2.24, 2.45) is 0 Å². The van der Waals surface area contributed by atoms with Crippen LogP contribution in [-0.4, -0.2) is 91.9 Å². The molecule has 0 spiro atoms. The SMILES string of the molecule is CCN(CC)[C@@H](C(=O)N1CCC[C@H]1c1ncc(-c2ccc(-c3ccc(-c4cnc([C@@H]5CCCN5C(=O)C[C@@H](Cc5ccccc5)OC(=O)NC)[nH]4)cc3)cc2)[nH]1)c1ccccc1. The smallest absolute Gasteiger partial charge is 0.407 e. The van der Waals surface area contributed by atoms with E-state index < -0.39 is 12.2 Å². The minimum Gasteiger partial charge on any atom is -0.445 e. The fourth-order valence-corrected chi connectivity index (χ4v) is 9.10. The lowest BCUT2D eigenvalue weighted by atomic mass is 10.0. The van der Waals surface area contributed by atoms with Gasteiger partial charge in [-0.05, 0) is 72.2 Å². The zero-order valence-electron chi connectivity index (χ0n) is 35.8.